The monoisotopic (exact) mass is 634 g/mol. The fourth-order valence-corrected chi connectivity index (χ4v) is 8.36. The predicted molar refractivity (Wildman–Crippen MR) is 209 cm³/mol. The van der Waals surface area contributed by atoms with Crippen molar-refractivity contribution in [1.29, 1.82) is 0 Å². The number of anilines is 3. The summed E-state index contributed by atoms with van der Waals surface area (Å²) in [7, 11) is 0. The van der Waals surface area contributed by atoms with Gasteiger partial charge in [0.05, 0.1) is 16.7 Å². The Hall–Kier alpha value is -5.34. The van der Waals surface area contributed by atoms with Crippen LogP contribution in [0.3, 0.4) is 0 Å². The van der Waals surface area contributed by atoms with E-state index in [9.17, 15) is 0 Å². The average molecular weight is 635 g/mol. The molecule has 9 rings (SSSR count). The molecule has 1 aliphatic carbocycles. The van der Waals surface area contributed by atoms with Gasteiger partial charge in [0.15, 0.2) is 0 Å². The van der Waals surface area contributed by atoms with E-state index in [1.807, 2.05) is 0 Å². The molecule has 49 heavy (non-hydrogen) atoms. The van der Waals surface area contributed by atoms with Crippen LogP contribution in [0.4, 0.5) is 17.1 Å². The van der Waals surface area contributed by atoms with Gasteiger partial charge in [-0.3, -0.25) is 0 Å². The van der Waals surface area contributed by atoms with Crippen LogP contribution in [0.1, 0.15) is 68.9 Å². The van der Waals surface area contributed by atoms with E-state index in [1.165, 1.54) is 66.4 Å². The summed E-state index contributed by atoms with van der Waals surface area (Å²) in [5, 5.41) is 2.58. The Kier molecular flexibility index (Phi) is 6.58. The molecule has 0 unspecified atom stereocenters. The summed E-state index contributed by atoms with van der Waals surface area (Å²) >= 11 is 0. The Balaban J connectivity index is 1.23. The van der Waals surface area contributed by atoms with Gasteiger partial charge in [-0.25, -0.2) is 0 Å². The van der Waals surface area contributed by atoms with Gasteiger partial charge in [0.1, 0.15) is 0 Å². The molecule has 0 amide bonds. The molecule has 240 valence electrons. The van der Waals surface area contributed by atoms with Crippen LogP contribution < -0.4 is 4.90 Å². The molecule has 6 aromatic carbocycles. The van der Waals surface area contributed by atoms with Crippen LogP contribution in [0.15, 0.2) is 133 Å². The third-order valence-electron chi connectivity index (χ3n) is 11.0. The zero-order valence-electron chi connectivity index (χ0n) is 29.1. The normalized spacial score (nSPS) is 14.6. The van der Waals surface area contributed by atoms with Crippen LogP contribution in [0.25, 0.3) is 44.7 Å². The lowest BCUT2D eigenvalue weighted by Crippen LogP contribution is -2.26. The first-order chi connectivity index (χ1) is 23.7. The molecule has 0 saturated carbocycles. The van der Waals surface area contributed by atoms with Crippen molar-refractivity contribution >= 4 is 44.9 Å². The van der Waals surface area contributed by atoms with Crippen LogP contribution in [-0.4, -0.2) is 4.57 Å². The van der Waals surface area contributed by atoms with E-state index < -0.39 is 0 Å². The molecular formula is C47H42N2. The number of aromatic nitrogens is 1. The van der Waals surface area contributed by atoms with Crippen LogP contribution in [0.2, 0.25) is 0 Å². The van der Waals surface area contributed by atoms with E-state index >= 15 is 0 Å². The number of fused-ring (bicyclic) bond motifs is 6. The number of aryl methyl sites for hydroxylation is 1. The highest BCUT2D eigenvalue weighted by atomic mass is 15.1. The summed E-state index contributed by atoms with van der Waals surface area (Å²) in [6, 6.07) is 47.9. The Bertz CT molecular complexity index is 2430. The average Bonchev–Trinajstić information content (AvgIpc) is 3.45. The number of allylic oxidation sites excluding steroid dienone is 1. The molecule has 0 fully saturated rings. The van der Waals surface area contributed by atoms with E-state index in [0.717, 1.165) is 29.9 Å². The van der Waals surface area contributed by atoms with E-state index in [-0.39, 0.29) is 10.8 Å². The first kappa shape index (κ1) is 29.8. The first-order valence-electron chi connectivity index (χ1n) is 17.7. The molecule has 1 aromatic heterocycles. The molecule has 0 saturated heterocycles. The highest BCUT2D eigenvalue weighted by molar-refractivity contribution is 6.12. The van der Waals surface area contributed by atoms with Crippen molar-refractivity contribution in [3.63, 3.8) is 0 Å². The molecule has 0 atom stereocenters. The van der Waals surface area contributed by atoms with Crippen molar-refractivity contribution in [2.24, 2.45) is 0 Å². The number of para-hydroxylation sites is 2. The van der Waals surface area contributed by atoms with Gasteiger partial charge in [0.25, 0.3) is 0 Å². The standard InChI is InChI=1S/C47H42N2/c1-46(2,3)33-22-26-35(27-23-33)48(34-24-20-32(21-25-34)38-15-10-13-31-12-6-7-14-37(31)38)36-28-29-43-40(30-36)39-16-11-18-42-45(39)49(43)44-19-9-8-17-41(44)47(42,4)5/h7-11,13-30H,6,12H2,1-5H3. The molecule has 2 nitrogen and oxygen atoms in total. The summed E-state index contributed by atoms with van der Waals surface area (Å²) in [6.07, 6.45) is 6.84. The zero-order valence-corrected chi connectivity index (χ0v) is 29.1. The summed E-state index contributed by atoms with van der Waals surface area (Å²) in [5.41, 5.74) is 16.7. The molecule has 0 spiro atoms. The second kappa shape index (κ2) is 10.8. The van der Waals surface area contributed by atoms with E-state index in [2.05, 4.69) is 184 Å². The largest absolute Gasteiger partial charge is 0.310 e. The first-order valence-corrected chi connectivity index (χ1v) is 17.7. The van der Waals surface area contributed by atoms with Crippen molar-refractivity contribution < 1.29 is 0 Å². The van der Waals surface area contributed by atoms with Crippen LogP contribution in [-0.2, 0) is 17.3 Å². The van der Waals surface area contributed by atoms with Crippen molar-refractivity contribution in [2.75, 3.05) is 4.90 Å². The lowest BCUT2D eigenvalue weighted by Gasteiger charge is -2.34. The molecular weight excluding hydrogens is 593 g/mol. The number of benzene rings is 6. The maximum absolute atomic E-state index is 2.50. The summed E-state index contributed by atoms with van der Waals surface area (Å²) < 4.78 is 2.50. The molecule has 2 heterocycles. The Morgan fingerprint density at radius 3 is 2.12 bits per heavy atom. The SMILES string of the molecule is CC(C)(C)c1ccc(N(c2ccc(-c3cccc4c3C=CCC4)cc2)c2ccc3c(c2)c2cccc4c2n3-c2ccccc2C4(C)C)cc1. The highest BCUT2D eigenvalue weighted by Gasteiger charge is 2.35. The topological polar surface area (TPSA) is 8.17 Å². The predicted octanol–water partition coefficient (Wildman–Crippen LogP) is 12.8. The number of rotatable bonds is 4. The smallest absolute Gasteiger partial charge is 0.0582 e. The minimum atomic E-state index is -0.0836. The van der Waals surface area contributed by atoms with Crippen LogP contribution in [0, 0.1) is 0 Å². The van der Waals surface area contributed by atoms with Gasteiger partial charge in [-0.2, -0.15) is 0 Å². The van der Waals surface area contributed by atoms with Crippen LogP contribution in [0.5, 0.6) is 0 Å². The van der Waals surface area contributed by atoms with E-state index in [4.69, 9.17) is 0 Å². The van der Waals surface area contributed by atoms with Gasteiger partial charge in [-0.1, -0.05) is 126 Å². The van der Waals surface area contributed by atoms with Gasteiger partial charge in [0.2, 0.25) is 0 Å². The molecule has 0 bridgehead atoms. The number of hydrogen-bond donors (Lipinski definition) is 0. The van der Waals surface area contributed by atoms with Gasteiger partial charge < -0.3 is 9.47 Å². The second-order valence-electron chi connectivity index (χ2n) is 15.4. The summed E-state index contributed by atoms with van der Waals surface area (Å²) in [5.74, 6) is 0. The molecule has 1 aliphatic heterocycles. The summed E-state index contributed by atoms with van der Waals surface area (Å²) in [4.78, 5) is 2.42. The quantitative estimate of drug-likeness (QED) is 0.187. The van der Waals surface area contributed by atoms with Gasteiger partial charge >= 0.3 is 0 Å². The van der Waals surface area contributed by atoms with Gasteiger partial charge in [-0.15, -0.1) is 0 Å². The van der Waals surface area contributed by atoms with Gasteiger partial charge in [-0.05, 0) is 106 Å². The minimum Gasteiger partial charge on any atom is -0.310 e. The molecule has 7 aromatic rings. The maximum Gasteiger partial charge on any atom is 0.0582 e. The number of nitrogens with zero attached hydrogens (tertiary/aromatic N) is 2. The fraction of sp³-hybridized carbons (Fsp3) is 0.191. The Morgan fingerprint density at radius 1 is 0.653 bits per heavy atom. The Morgan fingerprint density at radius 2 is 1.35 bits per heavy atom. The third kappa shape index (κ3) is 4.61. The van der Waals surface area contributed by atoms with Gasteiger partial charge in [0, 0.05) is 33.2 Å². The molecule has 0 radical (unpaired) electrons. The van der Waals surface area contributed by atoms with Crippen molar-refractivity contribution in [3.8, 4) is 16.8 Å². The van der Waals surface area contributed by atoms with Crippen molar-refractivity contribution in [3.05, 3.63) is 161 Å². The third-order valence-corrected chi connectivity index (χ3v) is 11.0. The van der Waals surface area contributed by atoms with Crippen LogP contribution >= 0.6 is 0 Å². The lowest BCUT2D eigenvalue weighted by atomic mass is 9.75. The van der Waals surface area contributed by atoms with Crippen molar-refractivity contribution in [1.82, 2.24) is 4.57 Å². The second-order valence-corrected chi connectivity index (χ2v) is 15.4. The molecule has 2 heteroatoms. The molecule has 0 N–H and O–H groups in total. The fourth-order valence-electron chi connectivity index (χ4n) is 8.36. The number of hydrogen-bond acceptors (Lipinski definition) is 1. The van der Waals surface area contributed by atoms with Crippen molar-refractivity contribution in [2.45, 2.75) is 58.3 Å². The lowest BCUT2D eigenvalue weighted by molar-refractivity contribution is 0.590. The maximum atomic E-state index is 2.50. The molecule has 2 aliphatic rings. The minimum absolute atomic E-state index is 0.0836. The Labute approximate surface area is 290 Å². The highest BCUT2D eigenvalue weighted by Crippen LogP contribution is 2.48. The van der Waals surface area contributed by atoms with E-state index in [0.29, 0.717) is 0 Å². The zero-order chi connectivity index (χ0) is 33.5. The summed E-state index contributed by atoms with van der Waals surface area (Å²) in [6.45, 7) is 11.6. The van der Waals surface area contributed by atoms with E-state index in [1.54, 1.807) is 0 Å².